The molecule has 1 saturated carbocycles. The van der Waals surface area contributed by atoms with Gasteiger partial charge >= 0.3 is 0 Å². The molecule has 2 aliphatic rings. The lowest BCUT2D eigenvalue weighted by atomic mass is 9.82. The van der Waals surface area contributed by atoms with E-state index < -0.39 is 0 Å². The molecule has 3 unspecified atom stereocenters. The van der Waals surface area contributed by atoms with Crippen LogP contribution in [0.15, 0.2) is 60.7 Å². The second kappa shape index (κ2) is 5.94. The van der Waals surface area contributed by atoms with Gasteiger partial charge < -0.3 is 11.1 Å². The van der Waals surface area contributed by atoms with Gasteiger partial charge in [0.15, 0.2) is 0 Å². The third-order valence-corrected chi connectivity index (χ3v) is 6.75. The van der Waals surface area contributed by atoms with E-state index in [1.165, 1.54) is 39.4 Å². The standard InChI is InChI=1S/C24H26N2/c1-16-12-24(16,15-25)21-8-9-22-20(11-21)13-26-14-23(22)19-7-6-17-4-2-3-5-18(17)10-19/h2-11,16,23,26H,12-15,25H2,1H3. The van der Waals surface area contributed by atoms with Crippen LogP contribution in [0.5, 0.6) is 0 Å². The van der Waals surface area contributed by atoms with E-state index in [-0.39, 0.29) is 5.41 Å². The van der Waals surface area contributed by atoms with Crippen LogP contribution in [0.4, 0.5) is 0 Å². The monoisotopic (exact) mass is 342 g/mol. The molecule has 1 fully saturated rings. The van der Waals surface area contributed by atoms with E-state index in [0.717, 1.165) is 19.6 Å². The molecule has 0 spiro atoms. The van der Waals surface area contributed by atoms with Crippen LogP contribution in [0.1, 0.15) is 41.5 Å². The van der Waals surface area contributed by atoms with Crippen molar-refractivity contribution in [3.63, 3.8) is 0 Å². The van der Waals surface area contributed by atoms with E-state index in [9.17, 15) is 0 Å². The van der Waals surface area contributed by atoms with E-state index in [0.29, 0.717) is 11.8 Å². The van der Waals surface area contributed by atoms with Crippen LogP contribution < -0.4 is 11.1 Å². The molecule has 2 nitrogen and oxygen atoms in total. The van der Waals surface area contributed by atoms with Crippen molar-refractivity contribution in [1.82, 2.24) is 5.32 Å². The molecule has 1 heterocycles. The zero-order chi connectivity index (χ0) is 17.7. The first-order chi connectivity index (χ1) is 12.7. The lowest BCUT2D eigenvalue weighted by Gasteiger charge is -2.29. The quantitative estimate of drug-likeness (QED) is 0.744. The zero-order valence-electron chi connectivity index (χ0n) is 15.3. The predicted molar refractivity (Wildman–Crippen MR) is 108 cm³/mol. The highest BCUT2D eigenvalue weighted by Gasteiger charge is 2.51. The minimum Gasteiger partial charge on any atom is -0.330 e. The van der Waals surface area contributed by atoms with Gasteiger partial charge in [0.1, 0.15) is 0 Å². The summed E-state index contributed by atoms with van der Waals surface area (Å²) < 4.78 is 0. The lowest BCUT2D eigenvalue weighted by molar-refractivity contribution is 0.585. The number of hydrogen-bond donors (Lipinski definition) is 2. The Kier molecular flexibility index (Phi) is 3.66. The van der Waals surface area contributed by atoms with Gasteiger partial charge in [-0.05, 0) is 45.4 Å². The summed E-state index contributed by atoms with van der Waals surface area (Å²) in [5.41, 5.74) is 12.1. The Labute approximate surface area is 155 Å². The average Bonchev–Trinajstić information content (AvgIpc) is 3.38. The number of benzene rings is 3. The molecule has 1 aliphatic carbocycles. The first-order valence-electron chi connectivity index (χ1n) is 9.74. The molecule has 0 radical (unpaired) electrons. The second-order valence-corrected chi connectivity index (χ2v) is 8.17. The molecule has 3 aromatic carbocycles. The predicted octanol–water partition coefficient (Wildman–Crippen LogP) is 4.31. The van der Waals surface area contributed by atoms with Gasteiger partial charge in [0.2, 0.25) is 0 Å². The first-order valence-corrected chi connectivity index (χ1v) is 9.74. The fraction of sp³-hybridized carbons (Fsp3) is 0.333. The van der Waals surface area contributed by atoms with Crippen LogP contribution in [0.3, 0.4) is 0 Å². The maximum absolute atomic E-state index is 6.12. The number of nitrogens with two attached hydrogens (primary N) is 1. The second-order valence-electron chi connectivity index (χ2n) is 8.17. The third kappa shape index (κ3) is 2.40. The molecule has 0 aromatic heterocycles. The summed E-state index contributed by atoms with van der Waals surface area (Å²) in [6, 6.07) is 22.6. The van der Waals surface area contributed by atoms with E-state index >= 15 is 0 Å². The maximum Gasteiger partial charge on any atom is 0.0218 e. The molecule has 0 saturated heterocycles. The Balaban J connectivity index is 1.55. The maximum atomic E-state index is 6.12. The van der Waals surface area contributed by atoms with Crippen molar-refractivity contribution >= 4 is 10.8 Å². The van der Waals surface area contributed by atoms with Crippen molar-refractivity contribution in [1.29, 1.82) is 0 Å². The topological polar surface area (TPSA) is 38.0 Å². The molecule has 132 valence electrons. The van der Waals surface area contributed by atoms with Gasteiger partial charge in [-0.25, -0.2) is 0 Å². The minimum atomic E-state index is 0.227. The van der Waals surface area contributed by atoms with Crippen molar-refractivity contribution in [3.05, 3.63) is 82.9 Å². The Morgan fingerprint density at radius 3 is 2.62 bits per heavy atom. The molecular formula is C24H26N2. The molecule has 26 heavy (non-hydrogen) atoms. The van der Waals surface area contributed by atoms with E-state index in [2.05, 4.69) is 72.9 Å². The number of fused-ring (bicyclic) bond motifs is 2. The van der Waals surface area contributed by atoms with Gasteiger partial charge in [-0.15, -0.1) is 0 Å². The Bertz CT molecular complexity index is 973. The highest BCUT2D eigenvalue weighted by Crippen LogP contribution is 2.53. The highest BCUT2D eigenvalue weighted by atomic mass is 14.9. The molecule has 3 aromatic rings. The van der Waals surface area contributed by atoms with Crippen LogP contribution in [0, 0.1) is 5.92 Å². The zero-order valence-corrected chi connectivity index (χ0v) is 15.3. The Morgan fingerprint density at radius 2 is 1.85 bits per heavy atom. The SMILES string of the molecule is CC1CC1(CN)c1ccc2c(c1)CNCC2c1ccc2ccccc2c1. The van der Waals surface area contributed by atoms with Crippen molar-refractivity contribution in [2.75, 3.05) is 13.1 Å². The number of rotatable bonds is 3. The van der Waals surface area contributed by atoms with Gasteiger partial charge in [-0.1, -0.05) is 67.6 Å². The molecule has 3 N–H and O–H groups in total. The van der Waals surface area contributed by atoms with Gasteiger partial charge in [-0.3, -0.25) is 0 Å². The summed E-state index contributed by atoms with van der Waals surface area (Å²) in [7, 11) is 0. The van der Waals surface area contributed by atoms with Gasteiger partial charge in [-0.2, -0.15) is 0 Å². The van der Waals surface area contributed by atoms with E-state index in [4.69, 9.17) is 5.73 Å². The van der Waals surface area contributed by atoms with Crippen LogP contribution >= 0.6 is 0 Å². The van der Waals surface area contributed by atoms with Crippen molar-refractivity contribution in [3.8, 4) is 0 Å². The lowest BCUT2D eigenvalue weighted by Crippen LogP contribution is -2.30. The molecule has 2 heteroatoms. The smallest absolute Gasteiger partial charge is 0.0218 e. The van der Waals surface area contributed by atoms with Crippen molar-refractivity contribution in [2.24, 2.45) is 11.7 Å². The fourth-order valence-electron chi connectivity index (χ4n) is 4.88. The Hall–Kier alpha value is -2.16. The van der Waals surface area contributed by atoms with Crippen LogP contribution in [0.2, 0.25) is 0 Å². The van der Waals surface area contributed by atoms with Gasteiger partial charge in [0.25, 0.3) is 0 Å². The largest absolute Gasteiger partial charge is 0.330 e. The van der Waals surface area contributed by atoms with E-state index in [1.54, 1.807) is 0 Å². The number of nitrogens with one attached hydrogen (secondary N) is 1. The molecule has 1 aliphatic heterocycles. The van der Waals surface area contributed by atoms with Crippen LogP contribution in [0.25, 0.3) is 10.8 Å². The summed E-state index contributed by atoms with van der Waals surface area (Å²) in [6.45, 7) is 5.04. The summed E-state index contributed by atoms with van der Waals surface area (Å²) in [6.07, 6.45) is 1.23. The highest BCUT2D eigenvalue weighted by molar-refractivity contribution is 5.83. The minimum absolute atomic E-state index is 0.227. The fourth-order valence-corrected chi connectivity index (χ4v) is 4.88. The molecular weight excluding hydrogens is 316 g/mol. The van der Waals surface area contributed by atoms with Gasteiger partial charge in [0.05, 0.1) is 0 Å². The first kappa shape index (κ1) is 16.0. The summed E-state index contributed by atoms with van der Waals surface area (Å²) in [4.78, 5) is 0. The van der Waals surface area contributed by atoms with Crippen molar-refractivity contribution < 1.29 is 0 Å². The average molecular weight is 342 g/mol. The Morgan fingerprint density at radius 1 is 1.04 bits per heavy atom. The van der Waals surface area contributed by atoms with E-state index in [1.807, 2.05) is 0 Å². The molecule has 0 amide bonds. The van der Waals surface area contributed by atoms with Crippen LogP contribution in [-0.4, -0.2) is 13.1 Å². The molecule has 3 atom stereocenters. The molecule has 5 rings (SSSR count). The normalized spacial score (nSPS) is 27.3. The molecule has 0 bridgehead atoms. The van der Waals surface area contributed by atoms with Crippen molar-refractivity contribution in [2.45, 2.75) is 31.2 Å². The summed E-state index contributed by atoms with van der Waals surface area (Å²) >= 11 is 0. The summed E-state index contributed by atoms with van der Waals surface area (Å²) in [5.74, 6) is 1.13. The van der Waals surface area contributed by atoms with Crippen LogP contribution in [-0.2, 0) is 12.0 Å². The number of hydrogen-bond acceptors (Lipinski definition) is 2. The van der Waals surface area contributed by atoms with Gasteiger partial charge in [0, 0.05) is 31.0 Å². The summed E-state index contributed by atoms with van der Waals surface area (Å²) in [5, 5.41) is 6.27. The third-order valence-electron chi connectivity index (χ3n) is 6.75.